The van der Waals surface area contributed by atoms with Crippen molar-refractivity contribution in [2.45, 2.75) is 26.3 Å². The number of benzene rings is 4. The summed E-state index contributed by atoms with van der Waals surface area (Å²) in [5.74, 6) is 0.951. The van der Waals surface area contributed by atoms with Gasteiger partial charge in [0.25, 0.3) is 0 Å². The van der Waals surface area contributed by atoms with Crippen LogP contribution in [0.2, 0.25) is 0 Å². The first-order valence-corrected chi connectivity index (χ1v) is 15.2. The minimum Gasteiger partial charge on any atom is -0.310 e. The fourth-order valence-electron chi connectivity index (χ4n) is 5.56. The first-order chi connectivity index (χ1) is 18.7. The van der Waals surface area contributed by atoms with Crippen molar-refractivity contribution in [2.75, 3.05) is 6.16 Å². The van der Waals surface area contributed by atoms with Crippen molar-refractivity contribution in [3.05, 3.63) is 127 Å². The predicted molar refractivity (Wildman–Crippen MR) is 170 cm³/mol. The highest BCUT2D eigenvalue weighted by Crippen LogP contribution is 2.55. The maximum Gasteiger partial charge on any atom is 0.219 e. The Labute approximate surface area is 240 Å². The number of hydrogen-bond acceptors (Lipinski definition) is 2. The lowest BCUT2D eigenvalue weighted by Crippen LogP contribution is -2.36. The SMILES string of the molecule is Br.CCCCn1c2ccccc2n2c(C(=O)C[P+](c3ccccc3)(c3ccccc3)c3ccccc3)cnc12. The lowest BCUT2D eigenvalue weighted by atomic mass is 10.3. The zero-order valence-electron chi connectivity index (χ0n) is 22.0. The summed E-state index contributed by atoms with van der Waals surface area (Å²) in [5, 5.41) is 3.62. The van der Waals surface area contributed by atoms with Gasteiger partial charge in [-0.15, -0.1) is 17.0 Å². The number of rotatable bonds is 9. The van der Waals surface area contributed by atoms with E-state index in [1.165, 1.54) is 15.9 Å². The highest BCUT2D eigenvalue weighted by molar-refractivity contribution is 8.93. The molecule has 4 aromatic carbocycles. The summed E-state index contributed by atoms with van der Waals surface area (Å²) >= 11 is 0. The number of fused-ring (bicyclic) bond motifs is 3. The van der Waals surface area contributed by atoms with Gasteiger partial charge in [0.15, 0.2) is 0 Å². The Bertz CT molecular complexity index is 1600. The molecule has 6 heteroatoms. The monoisotopic (exact) mass is 596 g/mol. The van der Waals surface area contributed by atoms with Crippen LogP contribution in [-0.4, -0.2) is 25.9 Å². The molecule has 0 radical (unpaired) electrons. The molecule has 196 valence electrons. The minimum atomic E-state index is -2.30. The van der Waals surface area contributed by atoms with Crippen LogP contribution >= 0.6 is 24.2 Å². The molecule has 0 aliphatic rings. The largest absolute Gasteiger partial charge is 0.310 e. The van der Waals surface area contributed by atoms with Crippen molar-refractivity contribution in [3.8, 4) is 0 Å². The lowest BCUT2D eigenvalue weighted by molar-refractivity contribution is 0.101. The van der Waals surface area contributed by atoms with Gasteiger partial charge in [-0.3, -0.25) is 9.20 Å². The number of aromatic nitrogens is 3. The quantitative estimate of drug-likeness (QED) is 0.135. The summed E-state index contributed by atoms with van der Waals surface area (Å²) in [4.78, 5) is 19.3. The van der Waals surface area contributed by atoms with Gasteiger partial charge < -0.3 is 4.57 Å². The number of aryl methyl sites for hydroxylation is 1. The van der Waals surface area contributed by atoms with Crippen LogP contribution in [-0.2, 0) is 6.54 Å². The van der Waals surface area contributed by atoms with Gasteiger partial charge in [0.05, 0.1) is 17.2 Å². The van der Waals surface area contributed by atoms with Gasteiger partial charge >= 0.3 is 0 Å². The number of carbonyl (C=O) groups is 1. The van der Waals surface area contributed by atoms with E-state index in [2.05, 4.69) is 107 Å². The third-order valence-electron chi connectivity index (χ3n) is 7.39. The molecule has 0 atom stereocenters. The van der Waals surface area contributed by atoms with Crippen molar-refractivity contribution in [2.24, 2.45) is 0 Å². The standard InChI is InChI=1S/C33H31N3OP.BrH/c1-2-3-23-35-29-21-13-14-22-30(29)36-31(24-34-33(35)36)32(37)25-38(26-15-7-4-8-16-26,27-17-9-5-10-18-27)28-19-11-6-12-20-28;/h4-22,24H,2-3,23,25H2,1H3;1H/q+1;. The van der Waals surface area contributed by atoms with Crippen molar-refractivity contribution in [1.29, 1.82) is 0 Å². The zero-order valence-corrected chi connectivity index (χ0v) is 24.6. The van der Waals surface area contributed by atoms with Gasteiger partial charge in [0.2, 0.25) is 11.6 Å². The fourth-order valence-corrected chi connectivity index (χ4v) is 9.64. The van der Waals surface area contributed by atoms with Gasteiger partial charge in [-0.25, -0.2) is 4.98 Å². The van der Waals surface area contributed by atoms with E-state index in [4.69, 9.17) is 4.98 Å². The molecule has 0 aliphatic carbocycles. The molecule has 0 amide bonds. The smallest absolute Gasteiger partial charge is 0.219 e. The van der Waals surface area contributed by atoms with Crippen LogP contribution in [0.4, 0.5) is 0 Å². The summed E-state index contributed by atoms with van der Waals surface area (Å²) in [7, 11) is -2.30. The van der Waals surface area contributed by atoms with Crippen LogP contribution in [0.15, 0.2) is 121 Å². The maximum absolute atomic E-state index is 14.5. The van der Waals surface area contributed by atoms with E-state index in [0.29, 0.717) is 11.9 Å². The Morgan fingerprint density at radius 2 is 1.21 bits per heavy atom. The first kappa shape index (κ1) is 27.1. The molecule has 2 heterocycles. The van der Waals surface area contributed by atoms with Crippen LogP contribution in [0.3, 0.4) is 0 Å². The normalized spacial score (nSPS) is 11.5. The van der Waals surface area contributed by atoms with Crippen LogP contribution < -0.4 is 15.9 Å². The van der Waals surface area contributed by atoms with Crippen LogP contribution in [0.5, 0.6) is 0 Å². The van der Waals surface area contributed by atoms with E-state index in [1.54, 1.807) is 6.20 Å². The molecular formula is C33H32BrN3OP+. The number of unbranched alkanes of at least 4 members (excludes halogenated alkanes) is 1. The van der Waals surface area contributed by atoms with E-state index < -0.39 is 7.26 Å². The predicted octanol–water partition coefficient (Wildman–Crippen LogP) is 6.84. The van der Waals surface area contributed by atoms with Gasteiger partial charge in [0.1, 0.15) is 35.0 Å². The molecule has 0 N–H and O–H groups in total. The van der Waals surface area contributed by atoms with E-state index in [9.17, 15) is 4.79 Å². The van der Waals surface area contributed by atoms with Gasteiger partial charge in [0, 0.05) is 6.54 Å². The lowest BCUT2D eigenvalue weighted by Gasteiger charge is -2.27. The van der Waals surface area contributed by atoms with Crippen LogP contribution in [0.25, 0.3) is 16.8 Å². The Morgan fingerprint density at radius 1 is 0.718 bits per heavy atom. The van der Waals surface area contributed by atoms with E-state index in [1.807, 2.05) is 24.3 Å². The number of ketones is 1. The van der Waals surface area contributed by atoms with E-state index in [-0.39, 0.29) is 22.8 Å². The first-order valence-electron chi connectivity index (χ1n) is 13.3. The van der Waals surface area contributed by atoms with Gasteiger partial charge in [-0.05, 0) is 55.0 Å². The van der Waals surface area contributed by atoms with Crippen LogP contribution in [0, 0.1) is 0 Å². The molecule has 6 rings (SSSR count). The molecule has 0 spiro atoms. The second-order valence-corrected chi connectivity index (χ2v) is 13.2. The summed E-state index contributed by atoms with van der Waals surface area (Å²) in [6.07, 6.45) is 4.34. The van der Waals surface area contributed by atoms with Crippen molar-refractivity contribution in [3.63, 3.8) is 0 Å². The minimum absolute atomic E-state index is 0. The Kier molecular flexibility index (Phi) is 8.11. The number of para-hydroxylation sites is 2. The number of carbonyl (C=O) groups excluding carboxylic acids is 1. The molecule has 2 aromatic heterocycles. The number of Topliss-reactive ketones (excluding diaryl/α,β-unsaturated/α-hetero) is 1. The van der Waals surface area contributed by atoms with E-state index >= 15 is 0 Å². The third-order valence-corrected chi connectivity index (χ3v) is 11.7. The second kappa shape index (κ2) is 11.7. The Hall–Kier alpha value is -3.53. The highest BCUT2D eigenvalue weighted by Gasteiger charge is 2.47. The van der Waals surface area contributed by atoms with Gasteiger partial charge in [-0.1, -0.05) is 80.1 Å². The fraction of sp³-hybridized carbons (Fsp3) is 0.152. The molecule has 0 aliphatic heterocycles. The number of nitrogens with zero attached hydrogens (tertiary/aromatic N) is 3. The molecule has 4 nitrogen and oxygen atoms in total. The average Bonchev–Trinajstić information content (AvgIpc) is 3.55. The summed E-state index contributed by atoms with van der Waals surface area (Å²) in [5.41, 5.74) is 2.80. The molecule has 0 saturated carbocycles. The second-order valence-electron chi connectivity index (χ2n) is 9.67. The summed E-state index contributed by atoms with van der Waals surface area (Å²) in [6.45, 7) is 3.08. The number of imidazole rings is 2. The highest BCUT2D eigenvalue weighted by atomic mass is 79.9. The summed E-state index contributed by atoms with van der Waals surface area (Å²) in [6, 6.07) is 40.0. The van der Waals surface area contributed by atoms with E-state index in [0.717, 1.165) is 36.2 Å². The zero-order chi connectivity index (χ0) is 26.0. The van der Waals surface area contributed by atoms with Crippen molar-refractivity contribution < 1.29 is 4.79 Å². The Balaban J connectivity index is 0.00000308. The van der Waals surface area contributed by atoms with Gasteiger partial charge in [-0.2, -0.15) is 0 Å². The van der Waals surface area contributed by atoms with Crippen LogP contribution in [0.1, 0.15) is 30.3 Å². The molecular weight excluding hydrogens is 565 g/mol. The number of hydrogen-bond donors (Lipinski definition) is 0. The molecule has 0 saturated heterocycles. The maximum atomic E-state index is 14.5. The van der Waals surface area contributed by atoms with Crippen molar-refractivity contribution >= 4 is 62.8 Å². The number of halogens is 1. The average molecular weight is 598 g/mol. The third kappa shape index (κ3) is 4.75. The molecule has 0 fully saturated rings. The Morgan fingerprint density at radius 3 is 1.72 bits per heavy atom. The van der Waals surface area contributed by atoms with Crippen molar-refractivity contribution in [1.82, 2.24) is 14.0 Å². The summed E-state index contributed by atoms with van der Waals surface area (Å²) < 4.78 is 4.33. The molecule has 6 aromatic rings. The molecule has 0 unspecified atom stereocenters. The molecule has 0 bridgehead atoms. The topological polar surface area (TPSA) is 39.3 Å². The molecule has 39 heavy (non-hydrogen) atoms.